The third kappa shape index (κ3) is 7.73. The summed E-state index contributed by atoms with van der Waals surface area (Å²) in [7, 11) is 0. The van der Waals surface area contributed by atoms with Gasteiger partial charge in [-0.2, -0.15) is 0 Å². The van der Waals surface area contributed by atoms with Gasteiger partial charge in [0.1, 0.15) is 36.9 Å². The van der Waals surface area contributed by atoms with Crippen molar-refractivity contribution in [2.24, 2.45) is 0 Å². The van der Waals surface area contributed by atoms with E-state index in [0.29, 0.717) is 37.3 Å². The lowest BCUT2D eigenvalue weighted by molar-refractivity contribution is 0.260. The van der Waals surface area contributed by atoms with Crippen LogP contribution in [0.3, 0.4) is 0 Å². The molecule has 196 valence electrons. The molecule has 2 saturated heterocycles. The van der Waals surface area contributed by atoms with Gasteiger partial charge in [-0.1, -0.05) is 63.3 Å². The molecule has 2 aromatic carbocycles. The molecule has 1 aliphatic carbocycles. The molecule has 2 aliphatic heterocycles. The van der Waals surface area contributed by atoms with E-state index in [9.17, 15) is 0 Å². The zero-order valence-corrected chi connectivity index (χ0v) is 22.1. The predicted octanol–water partition coefficient (Wildman–Crippen LogP) is 7.59. The summed E-state index contributed by atoms with van der Waals surface area (Å²) in [6.07, 6.45) is 14.7. The number of hydrogen-bond acceptors (Lipinski definition) is 4. The van der Waals surface area contributed by atoms with Gasteiger partial charge in [-0.3, -0.25) is 0 Å². The lowest BCUT2D eigenvalue weighted by Gasteiger charge is -2.29. The Bertz CT molecular complexity index is 924. The maximum atomic E-state index is 6.18. The first-order valence-corrected chi connectivity index (χ1v) is 14.5. The van der Waals surface area contributed by atoms with E-state index in [-0.39, 0.29) is 0 Å². The van der Waals surface area contributed by atoms with E-state index >= 15 is 0 Å². The second-order valence-corrected chi connectivity index (χ2v) is 11.0. The van der Waals surface area contributed by atoms with Crippen LogP contribution in [0.1, 0.15) is 99.7 Å². The summed E-state index contributed by atoms with van der Waals surface area (Å²) in [5.74, 6) is 3.35. The predicted molar refractivity (Wildman–Crippen MR) is 144 cm³/mol. The molecule has 4 heteroatoms. The Labute approximate surface area is 217 Å². The van der Waals surface area contributed by atoms with Crippen LogP contribution in [-0.4, -0.2) is 38.6 Å². The minimum absolute atomic E-state index is 0.301. The van der Waals surface area contributed by atoms with Crippen molar-refractivity contribution >= 4 is 0 Å². The van der Waals surface area contributed by atoms with Crippen molar-refractivity contribution in [3.63, 3.8) is 0 Å². The Morgan fingerprint density at radius 3 is 1.94 bits per heavy atom. The Hall–Kier alpha value is -2.04. The van der Waals surface area contributed by atoms with Crippen LogP contribution in [0.2, 0.25) is 0 Å². The van der Waals surface area contributed by atoms with E-state index in [4.69, 9.17) is 18.9 Å². The Morgan fingerprint density at radius 2 is 1.28 bits per heavy atom. The molecule has 3 aliphatic rings. The topological polar surface area (TPSA) is 43.5 Å². The summed E-state index contributed by atoms with van der Waals surface area (Å²) in [6.45, 7) is 5.33. The van der Waals surface area contributed by atoms with E-state index in [1.54, 1.807) is 0 Å². The highest BCUT2D eigenvalue weighted by Crippen LogP contribution is 2.41. The van der Waals surface area contributed by atoms with Gasteiger partial charge in [0, 0.05) is 0 Å². The summed E-state index contributed by atoms with van der Waals surface area (Å²) in [6, 6.07) is 15.8. The average molecular weight is 493 g/mol. The second-order valence-electron chi connectivity index (χ2n) is 11.0. The number of unbranched alkanes of at least 4 members (excludes halogenated alkanes) is 5. The minimum atomic E-state index is 0.301. The van der Waals surface area contributed by atoms with Gasteiger partial charge in [0.05, 0.1) is 13.2 Å². The number of aryl methyl sites for hydroxylation is 1. The summed E-state index contributed by atoms with van der Waals surface area (Å²) < 4.78 is 22.6. The van der Waals surface area contributed by atoms with Crippen molar-refractivity contribution in [3.8, 4) is 11.5 Å². The van der Waals surface area contributed by atoms with E-state index in [1.165, 1.54) is 80.9 Å². The summed E-state index contributed by atoms with van der Waals surface area (Å²) >= 11 is 0. The van der Waals surface area contributed by atoms with Gasteiger partial charge < -0.3 is 18.9 Å². The van der Waals surface area contributed by atoms with Gasteiger partial charge in [0.15, 0.2) is 0 Å². The summed E-state index contributed by atoms with van der Waals surface area (Å²) in [4.78, 5) is 0. The fourth-order valence-electron chi connectivity index (χ4n) is 5.58. The molecule has 2 unspecified atom stereocenters. The first-order chi connectivity index (χ1) is 17.8. The summed E-state index contributed by atoms with van der Waals surface area (Å²) in [5.41, 5.74) is 4.37. The van der Waals surface area contributed by atoms with E-state index in [2.05, 4.69) is 49.4 Å². The molecule has 36 heavy (non-hydrogen) atoms. The van der Waals surface area contributed by atoms with Crippen LogP contribution >= 0.6 is 0 Å². The van der Waals surface area contributed by atoms with E-state index in [1.807, 2.05) is 0 Å². The van der Waals surface area contributed by atoms with Crippen molar-refractivity contribution in [1.29, 1.82) is 0 Å². The van der Waals surface area contributed by atoms with E-state index < -0.39 is 0 Å². The Morgan fingerprint density at radius 1 is 0.694 bits per heavy atom. The first-order valence-electron chi connectivity index (χ1n) is 14.5. The molecule has 1 saturated carbocycles. The average Bonchev–Trinajstić information content (AvgIpc) is 3.85. The van der Waals surface area contributed by atoms with Crippen molar-refractivity contribution in [2.45, 2.75) is 102 Å². The van der Waals surface area contributed by atoms with Gasteiger partial charge in [0.25, 0.3) is 0 Å². The van der Waals surface area contributed by atoms with Gasteiger partial charge in [-0.05, 0) is 85.3 Å². The van der Waals surface area contributed by atoms with Gasteiger partial charge in [-0.25, -0.2) is 0 Å². The maximum absolute atomic E-state index is 6.18. The van der Waals surface area contributed by atoms with Crippen LogP contribution in [0.4, 0.5) is 0 Å². The lowest BCUT2D eigenvalue weighted by atomic mass is 9.76. The van der Waals surface area contributed by atoms with Crippen LogP contribution < -0.4 is 9.47 Å². The number of ether oxygens (including phenoxy) is 4. The van der Waals surface area contributed by atoms with Crippen LogP contribution in [0, 0.1) is 0 Å². The first kappa shape index (κ1) is 25.6. The fraction of sp³-hybridized carbons (Fsp3) is 0.625. The largest absolute Gasteiger partial charge is 0.491 e. The second kappa shape index (κ2) is 13.0. The maximum Gasteiger partial charge on any atom is 0.122 e. The number of epoxide rings is 2. The molecule has 3 fully saturated rings. The molecule has 0 amide bonds. The fourth-order valence-corrected chi connectivity index (χ4v) is 5.58. The SMILES string of the molecule is CCCCCCCCc1cc(C2CCC(c3ccc(OCC4CO4)cc3)CC2)ccc1OCC1CO1. The molecule has 0 spiro atoms. The normalized spacial score (nSPS) is 24.9. The molecule has 2 aromatic rings. The lowest BCUT2D eigenvalue weighted by Crippen LogP contribution is -2.13. The highest BCUT2D eigenvalue weighted by atomic mass is 16.6. The third-order valence-corrected chi connectivity index (χ3v) is 8.10. The van der Waals surface area contributed by atoms with Crippen LogP contribution in [0.5, 0.6) is 11.5 Å². The smallest absolute Gasteiger partial charge is 0.122 e. The van der Waals surface area contributed by atoms with Crippen LogP contribution in [0.15, 0.2) is 42.5 Å². The number of benzene rings is 2. The van der Waals surface area contributed by atoms with Crippen molar-refractivity contribution in [3.05, 3.63) is 59.2 Å². The quantitative estimate of drug-likeness (QED) is 0.190. The number of rotatable bonds is 15. The molecular weight excluding hydrogens is 448 g/mol. The van der Waals surface area contributed by atoms with Crippen molar-refractivity contribution < 1.29 is 18.9 Å². The summed E-state index contributed by atoms with van der Waals surface area (Å²) in [5, 5.41) is 0. The highest BCUT2D eigenvalue weighted by molar-refractivity contribution is 5.39. The Balaban J connectivity index is 1.14. The van der Waals surface area contributed by atoms with E-state index in [0.717, 1.165) is 31.1 Å². The zero-order chi connectivity index (χ0) is 24.6. The minimum Gasteiger partial charge on any atom is -0.491 e. The standard InChI is InChI=1S/C32H44O4/c1-2-3-4-5-6-7-8-28-19-27(15-18-32(28)36-23-31-22-35-31)26-11-9-24(10-12-26)25-13-16-29(17-14-25)33-20-30-21-34-30/h13-19,24,26,30-31H,2-12,20-23H2,1H3. The zero-order valence-electron chi connectivity index (χ0n) is 22.1. The van der Waals surface area contributed by atoms with Crippen LogP contribution in [-0.2, 0) is 15.9 Å². The molecule has 5 rings (SSSR count). The molecule has 2 atom stereocenters. The number of hydrogen-bond donors (Lipinski definition) is 0. The Kier molecular flexibility index (Phi) is 9.22. The molecular formula is C32H44O4. The van der Waals surface area contributed by atoms with Gasteiger partial charge in [0.2, 0.25) is 0 Å². The van der Waals surface area contributed by atoms with Crippen LogP contribution in [0.25, 0.3) is 0 Å². The van der Waals surface area contributed by atoms with Gasteiger partial charge >= 0.3 is 0 Å². The van der Waals surface area contributed by atoms with Crippen molar-refractivity contribution in [1.82, 2.24) is 0 Å². The molecule has 0 radical (unpaired) electrons. The molecule has 0 bridgehead atoms. The molecule has 0 N–H and O–H groups in total. The molecule has 4 nitrogen and oxygen atoms in total. The molecule has 0 aromatic heterocycles. The van der Waals surface area contributed by atoms with Gasteiger partial charge in [-0.15, -0.1) is 0 Å². The highest BCUT2D eigenvalue weighted by Gasteiger charge is 2.26. The third-order valence-electron chi connectivity index (χ3n) is 8.10. The van der Waals surface area contributed by atoms with Crippen molar-refractivity contribution in [2.75, 3.05) is 26.4 Å². The molecule has 2 heterocycles. The monoisotopic (exact) mass is 492 g/mol.